The number of hydrogen-bond acceptors (Lipinski definition) is 8. The van der Waals surface area contributed by atoms with Gasteiger partial charge in [-0.25, -0.2) is 19.9 Å². The van der Waals surface area contributed by atoms with E-state index < -0.39 is 0 Å². The second-order valence-electron chi connectivity index (χ2n) is 9.45. The molecule has 1 amide bonds. The number of carbonyl (C=O) groups excluding carboxylic acids is 1. The highest BCUT2D eigenvalue weighted by atomic mass is 16.5. The second-order valence-corrected chi connectivity index (χ2v) is 9.45. The molecular formula is C30H32N8O2. The van der Waals surface area contributed by atoms with Crippen LogP contribution >= 0.6 is 0 Å². The van der Waals surface area contributed by atoms with Crippen LogP contribution in [0.15, 0.2) is 73.8 Å². The summed E-state index contributed by atoms with van der Waals surface area (Å²) in [6, 6.07) is 15.7. The minimum absolute atomic E-state index is 0.191. The number of fused-ring (bicyclic) bond motifs is 2. The van der Waals surface area contributed by atoms with E-state index >= 15 is 0 Å². The van der Waals surface area contributed by atoms with Gasteiger partial charge in [0.2, 0.25) is 5.91 Å². The minimum Gasteiger partial charge on any atom is -0.457 e. The zero-order chi connectivity index (χ0) is 28.1. The van der Waals surface area contributed by atoms with Gasteiger partial charge in [0.05, 0.1) is 22.9 Å². The highest BCUT2D eigenvalue weighted by molar-refractivity contribution is 5.88. The summed E-state index contributed by atoms with van der Waals surface area (Å²) in [5, 5.41) is 6.23. The van der Waals surface area contributed by atoms with E-state index in [2.05, 4.69) is 44.0 Å². The highest BCUT2D eigenvalue weighted by Crippen LogP contribution is 2.31. The van der Waals surface area contributed by atoms with Gasteiger partial charge in [-0.1, -0.05) is 13.5 Å². The SMILES string of the molecule is C=CC(=O)NCCN(CCC)c1ccc2ncnc(Nc3ccc(Oc4ccc5c(c4)ncn5C)c(C)c3)c2n1. The smallest absolute Gasteiger partial charge is 0.243 e. The van der Waals surface area contributed by atoms with E-state index in [0.29, 0.717) is 24.4 Å². The van der Waals surface area contributed by atoms with Crippen molar-refractivity contribution in [3.63, 3.8) is 0 Å². The molecule has 3 heterocycles. The molecule has 10 nitrogen and oxygen atoms in total. The van der Waals surface area contributed by atoms with E-state index in [9.17, 15) is 4.79 Å². The third-order valence-corrected chi connectivity index (χ3v) is 6.51. The van der Waals surface area contributed by atoms with Crippen LogP contribution in [0.3, 0.4) is 0 Å². The lowest BCUT2D eigenvalue weighted by Gasteiger charge is -2.23. The summed E-state index contributed by atoms with van der Waals surface area (Å²) in [7, 11) is 1.97. The van der Waals surface area contributed by atoms with Crippen LogP contribution in [0.1, 0.15) is 18.9 Å². The number of imidazole rings is 1. The van der Waals surface area contributed by atoms with Gasteiger partial charge in [0.25, 0.3) is 0 Å². The standard InChI is InChI=1S/C30H32N8O2/c1-5-14-38(15-13-31-28(39)6-2)27-12-9-23-29(36-27)30(33-18-32-23)35-21-7-11-26(20(3)16-21)40-22-8-10-25-24(17-22)34-19-37(25)4/h6-12,16-19H,2,5,13-15H2,1,3-4H3,(H,31,39)(H,32,33,35). The number of hydrogen-bond donors (Lipinski definition) is 2. The lowest BCUT2D eigenvalue weighted by molar-refractivity contribution is -0.116. The molecule has 0 spiro atoms. The number of carbonyl (C=O) groups is 1. The predicted molar refractivity (Wildman–Crippen MR) is 158 cm³/mol. The molecule has 0 atom stereocenters. The highest BCUT2D eigenvalue weighted by Gasteiger charge is 2.13. The van der Waals surface area contributed by atoms with Crippen molar-refractivity contribution >= 4 is 45.3 Å². The molecule has 0 saturated carbocycles. The van der Waals surface area contributed by atoms with Crippen LogP contribution < -0.4 is 20.3 Å². The monoisotopic (exact) mass is 536 g/mol. The zero-order valence-electron chi connectivity index (χ0n) is 22.9. The Kier molecular flexibility index (Phi) is 7.86. The number of nitrogens with one attached hydrogen (secondary N) is 2. The summed E-state index contributed by atoms with van der Waals surface area (Å²) in [5.74, 6) is 2.70. The number of pyridine rings is 1. The van der Waals surface area contributed by atoms with Crippen LogP contribution in [0.4, 0.5) is 17.3 Å². The van der Waals surface area contributed by atoms with Crippen LogP contribution in [-0.4, -0.2) is 50.0 Å². The van der Waals surface area contributed by atoms with Crippen molar-refractivity contribution in [3.8, 4) is 11.5 Å². The molecule has 0 fully saturated rings. The molecule has 204 valence electrons. The fraction of sp³-hybridized carbons (Fsp3) is 0.233. The molecule has 5 aromatic rings. The molecule has 2 aromatic carbocycles. The molecule has 0 aliphatic carbocycles. The Hall–Kier alpha value is -4.99. The summed E-state index contributed by atoms with van der Waals surface area (Å²) < 4.78 is 8.15. The molecule has 0 bridgehead atoms. The fourth-order valence-electron chi connectivity index (χ4n) is 4.48. The van der Waals surface area contributed by atoms with Crippen molar-refractivity contribution in [1.82, 2.24) is 29.8 Å². The van der Waals surface area contributed by atoms with Crippen LogP contribution in [-0.2, 0) is 11.8 Å². The molecule has 5 rings (SSSR count). The molecule has 0 radical (unpaired) electrons. The molecule has 0 saturated heterocycles. The third-order valence-electron chi connectivity index (χ3n) is 6.51. The number of ether oxygens (including phenoxy) is 1. The van der Waals surface area contributed by atoms with Crippen molar-refractivity contribution in [2.24, 2.45) is 7.05 Å². The van der Waals surface area contributed by atoms with E-state index in [1.54, 1.807) is 6.33 Å². The van der Waals surface area contributed by atoms with E-state index in [0.717, 1.165) is 58.1 Å². The van der Waals surface area contributed by atoms with Gasteiger partial charge in [0.1, 0.15) is 29.2 Å². The first kappa shape index (κ1) is 26.6. The summed E-state index contributed by atoms with van der Waals surface area (Å²) >= 11 is 0. The average Bonchev–Trinajstić information content (AvgIpc) is 3.33. The maximum absolute atomic E-state index is 11.6. The Bertz CT molecular complexity index is 1680. The van der Waals surface area contributed by atoms with E-state index in [1.165, 1.54) is 12.4 Å². The largest absolute Gasteiger partial charge is 0.457 e. The van der Waals surface area contributed by atoms with Crippen LogP contribution in [0.25, 0.3) is 22.1 Å². The summed E-state index contributed by atoms with van der Waals surface area (Å²) in [4.78, 5) is 31.9. The lowest BCUT2D eigenvalue weighted by Crippen LogP contribution is -2.35. The Labute approximate surface area is 232 Å². The fourth-order valence-corrected chi connectivity index (χ4v) is 4.48. The maximum atomic E-state index is 11.6. The van der Waals surface area contributed by atoms with E-state index in [4.69, 9.17) is 9.72 Å². The summed E-state index contributed by atoms with van der Waals surface area (Å²) in [6.45, 7) is 9.52. The van der Waals surface area contributed by atoms with E-state index in [1.807, 2.05) is 67.1 Å². The normalized spacial score (nSPS) is 11.0. The first-order chi connectivity index (χ1) is 19.4. The molecule has 2 N–H and O–H groups in total. The van der Waals surface area contributed by atoms with E-state index in [-0.39, 0.29) is 5.91 Å². The first-order valence-electron chi connectivity index (χ1n) is 13.2. The summed E-state index contributed by atoms with van der Waals surface area (Å²) in [6.07, 6.45) is 5.53. The van der Waals surface area contributed by atoms with Gasteiger partial charge in [-0.05, 0) is 67.4 Å². The molecule has 0 unspecified atom stereocenters. The number of anilines is 3. The van der Waals surface area contributed by atoms with Gasteiger partial charge in [-0.15, -0.1) is 0 Å². The van der Waals surface area contributed by atoms with Crippen LogP contribution in [0.2, 0.25) is 0 Å². The molecular weight excluding hydrogens is 504 g/mol. The van der Waals surface area contributed by atoms with Crippen molar-refractivity contribution in [1.29, 1.82) is 0 Å². The number of nitrogens with zero attached hydrogens (tertiary/aromatic N) is 6. The van der Waals surface area contributed by atoms with Crippen LogP contribution in [0, 0.1) is 6.92 Å². The number of rotatable bonds is 11. The Balaban J connectivity index is 1.35. The van der Waals surface area contributed by atoms with Crippen molar-refractivity contribution < 1.29 is 9.53 Å². The number of benzene rings is 2. The molecule has 3 aromatic heterocycles. The zero-order valence-corrected chi connectivity index (χ0v) is 22.9. The van der Waals surface area contributed by atoms with Gasteiger partial charge in [0, 0.05) is 38.4 Å². The predicted octanol–water partition coefficient (Wildman–Crippen LogP) is 5.27. The molecule has 40 heavy (non-hydrogen) atoms. The third kappa shape index (κ3) is 5.85. The van der Waals surface area contributed by atoms with Gasteiger partial charge in [0.15, 0.2) is 5.82 Å². The lowest BCUT2D eigenvalue weighted by atomic mass is 10.2. The number of aryl methyl sites for hydroxylation is 2. The number of aromatic nitrogens is 5. The molecule has 0 aliphatic rings. The Morgan fingerprint density at radius 2 is 1.95 bits per heavy atom. The van der Waals surface area contributed by atoms with Crippen molar-refractivity contribution in [2.45, 2.75) is 20.3 Å². The van der Waals surface area contributed by atoms with Gasteiger partial charge in [-0.2, -0.15) is 0 Å². The quantitative estimate of drug-likeness (QED) is 0.220. The van der Waals surface area contributed by atoms with Crippen molar-refractivity contribution in [2.75, 3.05) is 29.9 Å². The Morgan fingerprint density at radius 3 is 2.75 bits per heavy atom. The van der Waals surface area contributed by atoms with Crippen molar-refractivity contribution in [3.05, 3.63) is 79.4 Å². The topological polar surface area (TPSA) is 110 Å². The van der Waals surface area contributed by atoms with Gasteiger partial charge < -0.3 is 24.8 Å². The minimum atomic E-state index is -0.191. The first-order valence-corrected chi connectivity index (χ1v) is 13.2. The average molecular weight is 537 g/mol. The molecule has 0 aliphatic heterocycles. The molecule has 10 heteroatoms. The van der Waals surface area contributed by atoms with Crippen LogP contribution in [0.5, 0.6) is 11.5 Å². The van der Waals surface area contributed by atoms with Gasteiger partial charge in [-0.3, -0.25) is 4.79 Å². The second kappa shape index (κ2) is 11.8. The van der Waals surface area contributed by atoms with Gasteiger partial charge >= 0.3 is 0 Å². The maximum Gasteiger partial charge on any atom is 0.243 e. The summed E-state index contributed by atoms with van der Waals surface area (Å²) in [5.41, 5.74) is 5.16. The number of amides is 1. The Morgan fingerprint density at radius 1 is 1.07 bits per heavy atom.